The topological polar surface area (TPSA) is 157 Å². The zero-order chi connectivity index (χ0) is 66.9. The van der Waals surface area contributed by atoms with Gasteiger partial charge in [0.05, 0.1) is 49.5 Å². The molecule has 13 rings (SSSR count). The molecule has 6 aromatic carbocycles. The van der Waals surface area contributed by atoms with E-state index in [0.717, 1.165) is 24.3 Å². The Hall–Kier alpha value is -9.57. The van der Waals surface area contributed by atoms with Crippen LogP contribution in [0.3, 0.4) is 0 Å². The van der Waals surface area contributed by atoms with Gasteiger partial charge in [-0.1, -0.05) is 54.1 Å². The van der Waals surface area contributed by atoms with Crippen LogP contribution in [-0.2, 0) is 54.2 Å². The van der Waals surface area contributed by atoms with Gasteiger partial charge in [0.25, 0.3) is 0 Å². The van der Waals surface area contributed by atoms with E-state index < -0.39 is 69.9 Å². The SMILES string of the molecule is CC1(C)OB(c2ccc(F)c(F)c2)OC1(C)C.O=C(Cc1ccc(F)cc1)C1(C(=O)Cc2ccc(Oc3ccnc4cc(-c5ccc(F)c(F)c5)ncc34)c(F)c2)CC1.O=C(Cc1ccc(F)cc1)C1(C(=O)Cc2ccc(Oc3ccnc4cc(Cl)ncc34)c(F)c2)CC1. The van der Waals surface area contributed by atoms with Crippen LogP contribution in [-0.4, -0.2) is 61.4 Å². The lowest BCUT2D eigenvalue weighted by molar-refractivity contribution is -0.135. The molecular formula is C72H56BClF8N4O8. The zero-order valence-corrected chi connectivity index (χ0v) is 51.6. The molecule has 3 aliphatic rings. The van der Waals surface area contributed by atoms with Gasteiger partial charge >= 0.3 is 7.12 Å². The summed E-state index contributed by atoms with van der Waals surface area (Å²) in [7, 11) is -0.657. The second-order valence-corrected chi connectivity index (χ2v) is 24.6. The Bertz CT molecular complexity index is 4580. The lowest BCUT2D eigenvalue weighted by atomic mass is 9.79. The quantitative estimate of drug-likeness (QED) is 0.0347. The van der Waals surface area contributed by atoms with Gasteiger partial charge < -0.3 is 18.8 Å². The van der Waals surface area contributed by atoms with E-state index in [4.69, 9.17) is 30.4 Å². The summed E-state index contributed by atoms with van der Waals surface area (Å²) < 4.78 is 132. The minimum absolute atomic E-state index is 0.0165. The molecule has 0 radical (unpaired) electrons. The van der Waals surface area contributed by atoms with Crippen LogP contribution in [0.5, 0.6) is 23.0 Å². The van der Waals surface area contributed by atoms with Crippen molar-refractivity contribution in [2.45, 2.75) is 90.3 Å². The first-order valence-corrected chi connectivity index (χ1v) is 30.1. The number of hydrogen-bond donors (Lipinski definition) is 0. The Morgan fingerprint density at radius 1 is 0.436 bits per heavy atom. The molecular weight excluding hydrogens is 1250 g/mol. The normalized spacial score (nSPS) is 15.3. The second kappa shape index (κ2) is 26.8. The number of fused-ring (bicyclic) bond motifs is 2. The predicted octanol–water partition coefficient (Wildman–Crippen LogP) is 15.7. The average Bonchev–Trinajstić information content (AvgIpc) is 1.59. The van der Waals surface area contributed by atoms with Gasteiger partial charge in [0.15, 0.2) is 69.5 Å². The number of halogens is 9. The summed E-state index contributed by atoms with van der Waals surface area (Å²) in [6.45, 7) is 7.64. The van der Waals surface area contributed by atoms with Crippen molar-refractivity contribution in [3.05, 3.63) is 244 Å². The van der Waals surface area contributed by atoms with Gasteiger partial charge in [-0.15, -0.1) is 0 Å². The molecule has 94 heavy (non-hydrogen) atoms. The largest absolute Gasteiger partial charge is 0.494 e. The molecule has 2 saturated carbocycles. The number of aromatic nitrogens is 4. The van der Waals surface area contributed by atoms with Crippen molar-refractivity contribution >= 4 is 69.1 Å². The molecule has 2 aliphatic carbocycles. The standard InChI is InChI=1S/C33H22F4N2O3.C27H19ClF2N2O3.C12H15BF2O2/c34-22-5-1-19(2-6-22)14-31(40)33(10-11-33)32(41)15-20-3-8-30(26(37)13-20)42-29-9-12-38-28-17-27(39-18-23(28)29)21-4-7-24(35)25(36)16-21;28-26-14-21-19(15-32-26)22(7-10-31-21)35-23-6-3-17(11-20(23)30)13-25(34)27(8-9-27)24(33)12-16-1-4-18(29)5-2-16;1-11(2)12(3,4)17-13(16-11)8-5-6-9(14)10(15)7-8/h1-9,12-13,16-18H,10-11,14-15H2;1-7,10-11,14-15H,8-9,12-13H2;5-7H,1-4H3. The van der Waals surface area contributed by atoms with E-state index in [1.807, 2.05) is 27.7 Å². The summed E-state index contributed by atoms with van der Waals surface area (Å²) in [4.78, 5) is 68.7. The third-order valence-corrected chi connectivity index (χ3v) is 17.4. The zero-order valence-electron chi connectivity index (χ0n) is 50.9. The minimum atomic E-state index is -1.08. The van der Waals surface area contributed by atoms with Crippen molar-refractivity contribution < 1.29 is 73.1 Å². The molecule has 5 heterocycles. The van der Waals surface area contributed by atoms with Crippen LogP contribution in [0.25, 0.3) is 33.1 Å². The molecule has 0 N–H and O–H groups in total. The first-order valence-electron chi connectivity index (χ1n) is 29.7. The van der Waals surface area contributed by atoms with Gasteiger partial charge in [-0.05, 0) is 178 Å². The van der Waals surface area contributed by atoms with Crippen molar-refractivity contribution in [3.63, 3.8) is 0 Å². The third kappa shape index (κ3) is 14.6. The summed E-state index contributed by atoms with van der Waals surface area (Å²) in [5.41, 5.74) is 1.30. The van der Waals surface area contributed by atoms with Gasteiger partial charge in [-0.3, -0.25) is 34.1 Å². The highest BCUT2D eigenvalue weighted by atomic mass is 35.5. The smallest absolute Gasteiger partial charge is 0.453 e. The van der Waals surface area contributed by atoms with Gasteiger partial charge in [0, 0.05) is 62.1 Å². The lowest BCUT2D eigenvalue weighted by Gasteiger charge is -2.32. The number of carbonyl (C=O) groups excluding carboxylic acids is 4. The number of nitrogens with zero attached hydrogens (tertiary/aromatic N) is 4. The second-order valence-electron chi connectivity index (χ2n) is 24.2. The molecule has 12 nitrogen and oxygen atoms in total. The highest BCUT2D eigenvalue weighted by molar-refractivity contribution is 6.62. The number of carbonyl (C=O) groups is 4. The maximum atomic E-state index is 15.1. The summed E-state index contributed by atoms with van der Waals surface area (Å²) in [6.07, 6.45) is 7.71. The van der Waals surface area contributed by atoms with E-state index in [1.165, 1.54) is 97.6 Å². The fourth-order valence-corrected chi connectivity index (χ4v) is 10.8. The Labute approximate surface area is 539 Å². The number of ether oxygens (including phenoxy) is 2. The number of Topliss-reactive ketones (excluding diaryl/α,β-unsaturated/α-hetero) is 4. The summed E-state index contributed by atoms with van der Waals surface area (Å²) in [5, 5.41) is 1.33. The first kappa shape index (κ1) is 65.9. The highest BCUT2D eigenvalue weighted by Gasteiger charge is 2.56. The van der Waals surface area contributed by atoms with E-state index >= 15 is 4.39 Å². The number of rotatable bonds is 18. The van der Waals surface area contributed by atoms with Crippen LogP contribution in [0.15, 0.2) is 170 Å². The van der Waals surface area contributed by atoms with E-state index in [2.05, 4.69) is 19.9 Å². The lowest BCUT2D eigenvalue weighted by Crippen LogP contribution is -2.41. The van der Waals surface area contributed by atoms with Crippen LogP contribution in [0.1, 0.15) is 75.6 Å². The summed E-state index contributed by atoms with van der Waals surface area (Å²) in [6, 6.07) is 33.2. The first-order chi connectivity index (χ1) is 44.8. The molecule has 478 valence electrons. The summed E-state index contributed by atoms with van der Waals surface area (Å²) >= 11 is 5.90. The number of benzene rings is 6. The number of pyridine rings is 4. The highest BCUT2D eigenvalue weighted by Crippen LogP contribution is 2.50. The van der Waals surface area contributed by atoms with Crippen LogP contribution < -0.4 is 14.9 Å². The molecule has 4 aromatic heterocycles. The fourth-order valence-electron chi connectivity index (χ4n) is 10.6. The number of hydrogen-bond acceptors (Lipinski definition) is 12. The van der Waals surface area contributed by atoms with Gasteiger partial charge in [-0.2, -0.15) is 0 Å². The van der Waals surface area contributed by atoms with E-state index in [9.17, 15) is 49.9 Å². The van der Waals surface area contributed by atoms with Crippen LogP contribution >= 0.6 is 11.6 Å². The maximum Gasteiger partial charge on any atom is 0.494 e. The average molecular weight is 1300 g/mol. The van der Waals surface area contributed by atoms with Gasteiger partial charge in [-0.25, -0.2) is 40.1 Å². The fraction of sp³-hybridized carbons (Fsp3) is 0.222. The van der Waals surface area contributed by atoms with Crippen LogP contribution in [0, 0.1) is 57.4 Å². The Morgan fingerprint density at radius 2 is 0.851 bits per heavy atom. The van der Waals surface area contributed by atoms with Crippen molar-refractivity contribution in [3.8, 4) is 34.3 Å². The third-order valence-electron chi connectivity index (χ3n) is 17.2. The van der Waals surface area contributed by atoms with Crippen molar-refractivity contribution in [1.29, 1.82) is 0 Å². The molecule has 3 fully saturated rings. The molecule has 1 saturated heterocycles. The van der Waals surface area contributed by atoms with E-state index in [-0.39, 0.29) is 77.0 Å². The Morgan fingerprint density at radius 3 is 1.29 bits per heavy atom. The maximum absolute atomic E-state index is 15.1. The Balaban J connectivity index is 0.000000156. The Kier molecular flexibility index (Phi) is 18.8. The molecule has 0 bridgehead atoms. The molecule has 0 spiro atoms. The van der Waals surface area contributed by atoms with Gasteiger partial charge in [0.1, 0.15) is 28.3 Å². The summed E-state index contributed by atoms with van der Waals surface area (Å²) in [5.74, 6) is -6.21. The molecule has 10 aromatic rings. The van der Waals surface area contributed by atoms with Crippen LogP contribution in [0.4, 0.5) is 35.1 Å². The van der Waals surface area contributed by atoms with E-state index in [1.54, 1.807) is 48.5 Å². The minimum Gasteiger partial charge on any atom is -0.453 e. The molecule has 0 unspecified atom stereocenters. The van der Waals surface area contributed by atoms with Gasteiger partial charge in [0.2, 0.25) is 0 Å². The molecule has 0 amide bonds. The van der Waals surface area contributed by atoms with Crippen molar-refractivity contribution in [2.75, 3.05) is 0 Å². The predicted molar refractivity (Wildman–Crippen MR) is 335 cm³/mol. The molecule has 22 heteroatoms. The number of ketones is 4. The monoisotopic (exact) mass is 1300 g/mol. The van der Waals surface area contributed by atoms with Crippen molar-refractivity contribution in [2.24, 2.45) is 10.8 Å². The molecule has 1 aliphatic heterocycles. The van der Waals surface area contributed by atoms with Crippen LogP contribution in [0.2, 0.25) is 5.15 Å². The van der Waals surface area contributed by atoms with Crippen molar-refractivity contribution in [1.82, 2.24) is 19.9 Å². The molecule has 0 atom stereocenters. The van der Waals surface area contributed by atoms with E-state index in [0.29, 0.717) is 92.2 Å².